The first-order valence-electron chi connectivity index (χ1n) is 16.4. The molecule has 1 saturated heterocycles. The summed E-state index contributed by atoms with van der Waals surface area (Å²) in [4.78, 5) is 32.6. The number of aliphatic hydroxyl groups excluding tert-OH is 2. The summed E-state index contributed by atoms with van der Waals surface area (Å²) in [7, 11) is 0. The van der Waals surface area contributed by atoms with Gasteiger partial charge in [0, 0.05) is 6.08 Å². The molecule has 0 spiro atoms. The normalized spacial score (nSPS) is 21.2. The van der Waals surface area contributed by atoms with Crippen molar-refractivity contribution >= 4 is 23.6 Å². The molecule has 7 rings (SSSR count). The van der Waals surface area contributed by atoms with E-state index in [-0.39, 0.29) is 17.3 Å². The smallest absolute Gasteiger partial charge is 0.347 e. The summed E-state index contributed by atoms with van der Waals surface area (Å²) in [5, 5.41) is 31.1. The van der Waals surface area contributed by atoms with Crippen molar-refractivity contribution in [2.45, 2.75) is 42.3 Å². The van der Waals surface area contributed by atoms with E-state index >= 15 is 0 Å². The number of aliphatic hydroxyl groups is 2. The zero-order valence-electron chi connectivity index (χ0n) is 27.6. The Labute approximate surface area is 298 Å². The number of nitrogens with one attached hydrogen (secondary N) is 1. The number of hydrogen-bond donors (Lipinski definition) is 5. The van der Waals surface area contributed by atoms with Gasteiger partial charge < -0.3 is 40.6 Å². The Kier molecular flexibility index (Phi) is 9.30. The van der Waals surface area contributed by atoms with Crippen LogP contribution in [0.1, 0.15) is 46.4 Å². The molecule has 0 bridgehead atoms. The Hall–Kier alpha value is -6.28. The molecule has 13 nitrogen and oxygen atoms in total. The standard InChI is InChI=1S/C39H35N5O8/c40-34(41)28-35(42)44(22-43-28)36-29(45)32-27(49-36)21-39(52-32,38(48)51-31(25-17-9-3-10-18-25)26-19-11-4-12-20-26)33(46)37(47)50-30(23-13-5-1-6-14-23)24-15-7-2-8-16-24/h1-22,29-33,36,45-46H,42H2,(H3,40,41)/t29-,32-,33+,36-,39+/m1/s1. The van der Waals surface area contributed by atoms with Gasteiger partial charge in [-0.15, -0.1) is 0 Å². The molecule has 1 fully saturated rings. The number of fused-ring (bicyclic) bond motifs is 1. The van der Waals surface area contributed by atoms with E-state index < -0.39 is 60.1 Å². The highest BCUT2D eigenvalue weighted by Crippen LogP contribution is 2.46. The zero-order chi connectivity index (χ0) is 36.4. The lowest BCUT2D eigenvalue weighted by molar-refractivity contribution is -0.201. The van der Waals surface area contributed by atoms with Crippen molar-refractivity contribution in [3.8, 4) is 0 Å². The van der Waals surface area contributed by atoms with Crippen LogP contribution >= 0.6 is 0 Å². The van der Waals surface area contributed by atoms with Crippen LogP contribution < -0.4 is 11.5 Å². The van der Waals surface area contributed by atoms with E-state index in [0.717, 1.165) is 6.08 Å². The van der Waals surface area contributed by atoms with Crippen molar-refractivity contribution in [3.63, 3.8) is 0 Å². The number of nitrogens with zero attached hydrogens (tertiary/aromatic N) is 2. The third-order valence-electron chi connectivity index (χ3n) is 9.00. The lowest BCUT2D eigenvalue weighted by atomic mass is 9.95. The Morgan fingerprint density at radius 2 is 1.27 bits per heavy atom. The van der Waals surface area contributed by atoms with Crippen LogP contribution in [0.15, 0.2) is 139 Å². The molecule has 1 aromatic heterocycles. The fraction of sp³-hybridized carbons (Fsp3) is 0.179. The fourth-order valence-electron chi connectivity index (χ4n) is 6.38. The highest BCUT2D eigenvalue weighted by molar-refractivity contribution is 5.97. The number of amidine groups is 1. The SMILES string of the molecule is N=C(N)c1ncn([C@@H]2OC3=C[C@@](C(=O)OC(c4ccccc4)c4ccccc4)([C@@H](O)C(=O)OC(c4ccccc4)c4ccccc4)O[C@H]3[C@H]2O)c1N. The number of nitrogen functional groups attached to an aromatic ring is 2. The van der Waals surface area contributed by atoms with Crippen LogP contribution in [0.4, 0.5) is 5.82 Å². The van der Waals surface area contributed by atoms with Gasteiger partial charge in [0.05, 0.1) is 0 Å². The molecule has 264 valence electrons. The highest BCUT2D eigenvalue weighted by atomic mass is 16.6. The van der Waals surface area contributed by atoms with E-state index in [1.807, 2.05) is 24.3 Å². The van der Waals surface area contributed by atoms with E-state index in [0.29, 0.717) is 22.3 Å². The second-order valence-electron chi connectivity index (χ2n) is 12.3. The van der Waals surface area contributed by atoms with Crippen molar-refractivity contribution in [3.05, 3.63) is 167 Å². The molecule has 13 heteroatoms. The van der Waals surface area contributed by atoms with Gasteiger partial charge in [-0.2, -0.15) is 0 Å². The Balaban J connectivity index is 1.26. The number of carbonyl (C=O) groups is 2. The number of nitrogens with two attached hydrogens (primary N) is 2. The molecular formula is C39H35N5O8. The predicted octanol–water partition coefficient (Wildman–Crippen LogP) is 3.69. The third-order valence-corrected chi connectivity index (χ3v) is 9.00. The van der Waals surface area contributed by atoms with E-state index in [1.54, 1.807) is 97.1 Å². The number of ether oxygens (including phenoxy) is 4. The molecule has 0 amide bonds. The number of imidazole rings is 1. The minimum atomic E-state index is -2.53. The van der Waals surface area contributed by atoms with Gasteiger partial charge in [-0.1, -0.05) is 121 Å². The summed E-state index contributed by atoms with van der Waals surface area (Å²) in [6.07, 6.45) is -5.97. The van der Waals surface area contributed by atoms with Crippen molar-refractivity contribution in [1.29, 1.82) is 5.41 Å². The monoisotopic (exact) mass is 701 g/mol. The molecule has 0 unspecified atom stereocenters. The van der Waals surface area contributed by atoms with E-state index in [1.165, 1.54) is 10.9 Å². The molecular weight excluding hydrogens is 666 g/mol. The summed E-state index contributed by atoms with van der Waals surface area (Å²) in [5.41, 5.74) is 11.6. The second-order valence-corrected chi connectivity index (χ2v) is 12.3. The Bertz CT molecular complexity index is 2020. The van der Waals surface area contributed by atoms with Crippen LogP contribution in [0.25, 0.3) is 0 Å². The minimum absolute atomic E-state index is 0.0156. The van der Waals surface area contributed by atoms with E-state index in [9.17, 15) is 19.8 Å². The maximum Gasteiger partial charge on any atom is 0.347 e. The molecule has 7 N–H and O–H groups in total. The molecule has 52 heavy (non-hydrogen) atoms. The molecule has 5 atom stereocenters. The molecule has 0 aliphatic carbocycles. The Morgan fingerprint density at radius 3 is 1.69 bits per heavy atom. The summed E-state index contributed by atoms with van der Waals surface area (Å²) in [6, 6.07) is 35.8. The molecule has 3 heterocycles. The van der Waals surface area contributed by atoms with Crippen LogP contribution in [0.3, 0.4) is 0 Å². The largest absolute Gasteiger partial charge is 0.469 e. The van der Waals surface area contributed by atoms with Gasteiger partial charge in [-0.25, -0.2) is 14.6 Å². The molecule has 0 saturated carbocycles. The Morgan fingerprint density at radius 1 is 0.808 bits per heavy atom. The number of hydrogen-bond acceptors (Lipinski definition) is 11. The van der Waals surface area contributed by atoms with Crippen molar-refractivity contribution in [1.82, 2.24) is 9.55 Å². The molecule has 2 aliphatic heterocycles. The van der Waals surface area contributed by atoms with Gasteiger partial charge >= 0.3 is 11.9 Å². The van der Waals surface area contributed by atoms with Crippen molar-refractivity contribution < 1.29 is 38.7 Å². The van der Waals surface area contributed by atoms with Crippen LogP contribution in [0, 0.1) is 5.41 Å². The lowest BCUT2D eigenvalue weighted by Crippen LogP contribution is -2.55. The first-order chi connectivity index (χ1) is 25.2. The fourth-order valence-corrected chi connectivity index (χ4v) is 6.38. The number of esters is 2. The number of aromatic nitrogens is 2. The molecule has 2 aliphatic rings. The van der Waals surface area contributed by atoms with E-state index in [4.69, 9.17) is 35.8 Å². The number of anilines is 1. The maximum absolute atomic E-state index is 14.5. The highest BCUT2D eigenvalue weighted by Gasteiger charge is 2.62. The first kappa shape index (κ1) is 34.2. The van der Waals surface area contributed by atoms with E-state index in [2.05, 4.69) is 4.98 Å². The van der Waals surface area contributed by atoms with Gasteiger partial charge in [0.1, 0.15) is 41.6 Å². The lowest BCUT2D eigenvalue weighted by Gasteiger charge is -2.33. The maximum atomic E-state index is 14.5. The summed E-state index contributed by atoms with van der Waals surface area (Å²) in [5.74, 6) is -2.84. The van der Waals surface area contributed by atoms with Crippen molar-refractivity contribution in [2.24, 2.45) is 5.73 Å². The quantitative estimate of drug-likeness (QED) is 0.0763. The number of carbonyl (C=O) groups excluding carboxylic acids is 2. The van der Waals surface area contributed by atoms with Crippen LogP contribution in [0.5, 0.6) is 0 Å². The average molecular weight is 702 g/mol. The summed E-state index contributed by atoms with van der Waals surface area (Å²) < 4.78 is 25.6. The van der Waals surface area contributed by atoms with Crippen LogP contribution in [-0.2, 0) is 28.5 Å². The van der Waals surface area contributed by atoms with Crippen molar-refractivity contribution in [2.75, 3.05) is 5.73 Å². The first-order valence-corrected chi connectivity index (χ1v) is 16.4. The van der Waals surface area contributed by atoms with Gasteiger partial charge in [-0.05, 0) is 22.3 Å². The molecule has 4 aromatic carbocycles. The van der Waals surface area contributed by atoms with Gasteiger partial charge in [-0.3, -0.25) is 9.98 Å². The molecule has 0 radical (unpaired) electrons. The van der Waals surface area contributed by atoms with Crippen LogP contribution in [-0.4, -0.2) is 61.5 Å². The van der Waals surface area contributed by atoms with Gasteiger partial charge in [0.15, 0.2) is 18.3 Å². The second kappa shape index (κ2) is 14.2. The van der Waals surface area contributed by atoms with Crippen LogP contribution in [0.2, 0.25) is 0 Å². The number of rotatable bonds is 11. The summed E-state index contributed by atoms with van der Waals surface area (Å²) >= 11 is 0. The van der Waals surface area contributed by atoms with Gasteiger partial charge in [0.25, 0.3) is 0 Å². The minimum Gasteiger partial charge on any atom is -0.469 e. The third kappa shape index (κ3) is 6.28. The average Bonchev–Trinajstić information content (AvgIpc) is 3.85. The summed E-state index contributed by atoms with van der Waals surface area (Å²) in [6.45, 7) is 0. The van der Waals surface area contributed by atoms with Gasteiger partial charge in [0.2, 0.25) is 11.8 Å². The topological polar surface area (TPSA) is 205 Å². The zero-order valence-corrected chi connectivity index (χ0v) is 27.6. The predicted molar refractivity (Wildman–Crippen MR) is 187 cm³/mol. The number of benzene rings is 4. The molecule has 5 aromatic rings.